The zero-order valence-electron chi connectivity index (χ0n) is 6.39. The molecule has 11 heavy (non-hydrogen) atoms. The lowest BCUT2D eigenvalue weighted by molar-refractivity contribution is 0.0323. The topological polar surface area (TPSA) is 21.6 Å². The van der Waals surface area contributed by atoms with Crippen molar-refractivity contribution in [3.05, 3.63) is 12.8 Å². The molecule has 0 fully saturated rings. The van der Waals surface area contributed by atoms with Crippen LogP contribution in [-0.2, 0) is 4.74 Å². The van der Waals surface area contributed by atoms with Gasteiger partial charge in [-0.05, 0) is 6.92 Å². The Kier molecular flexibility index (Phi) is 5.56. The van der Waals surface area contributed by atoms with Gasteiger partial charge in [-0.1, -0.05) is 6.58 Å². The first-order valence-electron chi connectivity index (χ1n) is 3.17. The number of ether oxygens (including phenoxy) is 1. The highest BCUT2D eigenvalue weighted by atomic mass is 19.3. The van der Waals surface area contributed by atoms with E-state index in [1.54, 1.807) is 6.92 Å². The number of hydrogen-bond donors (Lipinski definition) is 0. The van der Waals surface area contributed by atoms with Crippen LogP contribution in [0.15, 0.2) is 17.8 Å². The highest BCUT2D eigenvalue weighted by molar-refractivity contribution is 5.83. The predicted octanol–water partition coefficient (Wildman–Crippen LogP) is 1.87. The van der Waals surface area contributed by atoms with E-state index in [1.165, 1.54) is 6.20 Å². The van der Waals surface area contributed by atoms with E-state index in [4.69, 9.17) is 0 Å². The highest BCUT2D eigenvalue weighted by Crippen LogP contribution is 1.92. The molecule has 0 aromatic rings. The molecule has 0 N–H and O–H groups in total. The van der Waals surface area contributed by atoms with Crippen molar-refractivity contribution < 1.29 is 13.5 Å². The Labute approximate surface area is 64.6 Å². The minimum Gasteiger partial charge on any atom is -0.370 e. The van der Waals surface area contributed by atoms with Gasteiger partial charge in [0.05, 0.1) is 6.61 Å². The molecule has 0 amide bonds. The minimum absolute atomic E-state index is 0.135. The van der Waals surface area contributed by atoms with Gasteiger partial charge in [0.15, 0.2) is 0 Å². The lowest BCUT2D eigenvalue weighted by Gasteiger charge is -2.01. The van der Waals surface area contributed by atoms with Crippen molar-refractivity contribution in [2.45, 2.75) is 13.3 Å². The van der Waals surface area contributed by atoms with E-state index in [-0.39, 0.29) is 6.61 Å². The van der Waals surface area contributed by atoms with Crippen molar-refractivity contribution in [3.63, 3.8) is 0 Å². The van der Waals surface area contributed by atoms with Gasteiger partial charge in [-0.25, -0.2) is 8.78 Å². The summed E-state index contributed by atoms with van der Waals surface area (Å²) in [5.74, 6) is 0. The summed E-state index contributed by atoms with van der Waals surface area (Å²) >= 11 is 0. The third-order valence-corrected chi connectivity index (χ3v) is 0.866. The Bertz CT molecular complexity index is 145. The van der Waals surface area contributed by atoms with Gasteiger partial charge in [-0.15, -0.1) is 0 Å². The van der Waals surface area contributed by atoms with Crippen molar-refractivity contribution in [1.29, 1.82) is 0 Å². The van der Waals surface area contributed by atoms with Gasteiger partial charge in [0.2, 0.25) is 0 Å². The van der Waals surface area contributed by atoms with E-state index in [1.807, 2.05) is 0 Å². The van der Waals surface area contributed by atoms with Crippen LogP contribution in [0, 0.1) is 0 Å². The fourth-order valence-corrected chi connectivity index (χ4v) is 0.489. The molecule has 0 rings (SSSR count). The Morgan fingerprint density at radius 1 is 1.73 bits per heavy atom. The van der Waals surface area contributed by atoms with Gasteiger partial charge in [-0.2, -0.15) is 0 Å². The van der Waals surface area contributed by atoms with E-state index < -0.39 is 13.0 Å². The van der Waals surface area contributed by atoms with Gasteiger partial charge in [-0.3, -0.25) is 4.99 Å². The maximum atomic E-state index is 11.5. The summed E-state index contributed by atoms with van der Waals surface area (Å²) in [4.78, 5) is 3.73. The summed E-state index contributed by atoms with van der Waals surface area (Å²) < 4.78 is 27.6. The van der Waals surface area contributed by atoms with Crippen LogP contribution in [0.25, 0.3) is 0 Å². The quantitative estimate of drug-likeness (QED) is 0.567. The SMILES string of the molecule is C=C/N=C(/C)COCC(F)F. The lowest BCUT2D eigenvalue weighted by atomic mass is 10.4. The number of aliphatic imine (C=N–C) groups is 1. The molecule has 0 aliphatic rings. The molecule has 0 aromatic heterocycles. The minimum atomic E-state index is -2.41. The van der Waals surface area contributed by atoms with Crippen molar-refractivity contribution in [2.24, 2.45) is 4.99 Å². The largest absolute Gasteiger partial charge is 0.370 e. The van der Waals surface area contributed by atoms with Crippen LogP contribution in [0.2, 0.25) is 0 Å². The maximum absolute atomic E-state index is 11.5. The van der Waals surface area contributed by atoms with Crippen LogP contribution in [-0.4, -0.2) is 25.4 Å². The number of nitrogens with zero attached hydrogens (tertiary/aromatic N) is 1. The summed E-state index contributed by atoms with van der Waals surface area (Å²) in [6, 6.07) is 0. The zero-order chi connectivity index (χ0) is 8.69. The molecule has 0 heterocycles. The maximum Gasteiger partial charge on any atom is 0.261 e. The number of hydrogen-bond acceptors (Lipinski definition) is 2. The van der Waals surface area contributed by atoms with Crippen LogP contribution in [0.3, 0.4) is 0 Å². The summed E-state index contributed by atoms with van der Waals surface area (Å²) in [5, 5.41) is 0. The first-order chi connectivity index (χ1) is 5.16. The second kappa shape index (κ2) is 5.97. The third kappa shape index (κ3) is 7.12. The van der Waals surface area contributed by atoms with E-state index in [9.17, 15) is 8.78 Å². The Morgan fingerprint density at radius 2 is 2.36 bits per heavy atom. The summed E-state index contributed by atoms with van der Waals surface area (Å²) in [5.41, 5.74) is 0.639. The molecule has 0 spiro atoms. The molecule has 64 valence electrons. The second-order valence-electron chi connectivity index (χ2n) is 1.95. The number of alkyl halides is 2. The van der Waals surface area contributed by atoms with Crippen LogP contribution >= 0.6 is 0 Å². The van der Waals surface area contributed by atoms with Crippen molar-refractivity contribution >= 4 is 5.71 Å². The molecule has 0 unspecified atom stereocenters. The molecule has 0 saturated heterocycles. The molecule has 0 aliphatic heterocycles. The smallest absolute Gasteiger partial charge is 0.261 e. The van der Waals surface area contributed by atoms with Crippen LogP contribution in [0.5, 0.6) is 0 Å². The van der Waals surface area contributed by atoms with E-state index in [0.29, 0.717) is 5.71 Å². The van der Waals surface area contributed by atoms with E-state index in [2.05, 4.69) is 16.3 Å². The van der Waals surface area contributed by atoms with E-state index >= 15 is 0 Å². The fourth-order valence-electron chi connectivity index (χ4n) is 0.489. The first kappa shape index (κ1) is 10.2. The molecule has 0 bridgehead atoms. The molecule has 0 atom stereocenters. The molecule has 4 heteroatoms. The van der Waals surface area contributed by atoms with Crippen LogP contribution in [0.1, 0.15) is 6.92 Å². The molecule has 0 saturated carbocycles. The summed E-state index contributed by atoms with van der Waals surface area (Å²) in [7, 11) is 0. The van der Waals surface area contributed by atoms with Gasteiger partial charge < -0.3 is 4.74 Å². The fraction of sp³-hybridized carbons (Fsp3) is 0.571. The molecule has 0 aromatic carbocycles. The molecular weight excluding hydrogens is 152 g/mol. The van der Waals surface area contributed by atoms with Crippen LogP contribution < -0.4 is 0 Å². The zero-order valence-corrected chi connectivity index (χ0v) is 6.39. The number of halogens is 2. The molecule has 2 nitrogen and oxygen atoms in total. The Balaban J connectivity index is 3.38. The van der Waals surface area contributed by atoms with Gasteiger partial charge >= 0.3 is 0 Å². The average Bonchev–Trinajstić information content (AvgIpc) is 1.87. The normalized spacial score (nSPS) is 12.2. The van der Waals surface area contributed by atoms with Crippen molar-refractivity contribution in [3.8, 4) is 0 Å². The molecule has 0 aliphatic carbocycles. The lowest BCUT2D eigenvalue weighted by Crippen LogP contribution is -2.10. The monoisotopic (exact) mass is 163 g/mol. The predicted molar refractivity (Wildman–Crippen MR) is 40.1 cm³/mol. The Hall–Kier alpha value is -0.770. The van der Waals surface area contributed by atoms with Gasteiger partial charge in [0.25, 0.3) is 6.43 Å². The Morgan fingerprint density at radius 3 is 2.82 bits per heavy atom. The van der Waals surface area contributed by atoms with Gasteiger partial charge in [0.1, 0.15) is 6.61 Å². The first-order valence-corrected chi connectivity index (χ1v) is 3.17. The van der Waals surface area contributed by atoms with Crippen molar-refractivity contribution in [2.75, 3.05) is 13.2 Å². The summed E-state index contributed by atoms with van der Waals surface area (Å²) in [6.45, 7) is 4.64. The number of rotatable bonds is 5. The standard InChI is InChI=1S/C7H11F2NO/c1-3-10-6(2)4-11-5-7(8)9/h3,7H,1,4-5H2,2H3/b10-6-. The van der Waals surface area contributed by atoms with Crippen LogP contribution in [0.4, 0.5) is 8.78 Å². The molecule has 0 radical (unpaired) electrons. The van der Waals surface area contributed by atoms with Gasteiger partial charge in [0, 0.05) is 11.9 Å². The third-order valence-electron chi connectivity index (χ3n) is 0.866. The second-order valence-corrected chi connectivity index (χ2v) is 1.95. The summed E-state index contributed by atoms with van der Waals surface area (Å²) in [6.07, 6.45) is -1.06. The van der Waals surface area contributed by atoms with Crippen molar-refractivity contribution in [1.82, 2.24) is 0 Å². The average molecular weight is 163 g/mol. The highest BCUT2D eigenvalue weighted by Gasteiger charge is 2.01. The van der Waals surface area contributed by atoms with E-state index in [0.717, 1.165) is 0 Å². The molecular formula is C7H11F2NO.